The van der Waals surface area contributed by atoms with Crippen molar-refractivity contribution in [2.24, 2.45) is 0 Å². The molecule has 2 nitrogen and oxygen atoms in total. The zero-order valence-electron chi connectivity index (χ0n) is 8.63. The third-order valence-electron chi connectivity index (χ3n) is 1.60. The lowest BCUT2D eigenvalue weighted by molar-refractivity contribution is -0.126. The van der Waals surface area contributed by atoms with Crippen LogP contribution in [0.4, 0.5) is 0 Å². The molecule has 0 bridgehead atoms. The minimum Gasteiger partial charge on any atom is -0.314 e. The average Bonchev–Trinajstić information content (AvgIpc) is 2.01. The number of amides is 1. The molecule has 0 rings (SSSR count). The largest absolute Gasteiger partial charge is 0.314 e. The van der Waals surface area contributed by atoms with E-state index in [2.05, 4.69) is 13.2 Å². The Bertz CT molecular complexity index is 251. The molecule has 0 aromatic carbocycles. The first-order chi connectivity index (χ1) is 5.99. The van der Waals surface area contributed by atoms with Gasteiger partial charge in [-0.05, 0) is 19.9 Å². The molecule has 0 N–H and O–H groups in total. The first kappa shape index (κ1) is 11.7. The third-order valence-corrected chi connectivity index (χ3v) is 1.60. The number of allylic oxidation sites excluding steroid dienone is 3. The molecule has 0 aliphatic heterocycles. The molecule has 1 amide bonds. The van der Waals surface area contributed by atoms with E-state index in [1.807, 2.05) is 19.9 Å². The average molecular weight is 179 g/mol. The van der Waals surface area contributed by atoms with E-state index in [1.165, 1.54) is 6.92 Å². The van der Waals surface area contributed by atoms with Crippen molar-refractivity contribution >= 4 is 5.91 Å². The normalized spacial score (nSPS) is 10.1. The van der Waals surface area contributed by atoms with Gasteiger partial charge < -0.3 is 4.90 Å². The molecule has 0 aromatic rings. The van der Waals surface area contributed by atoms with Crippen molar-refractivity contribution in [2.45, 2.75) is 20.8 Å². The molecular formula is C11H17NO. The second kappa shape index (κ2) is 5.36. The van der Waals surface area contributed by atoms with Gasteiger partial charge in [-0.3, -0.25) is 4.79 Å². The van der Waals surface area contributed by atoms with Crippen molar-refractivity contribution < 1.29 is 4.79 Å². The summed E-state index contributed by atoms with van der Waals surface area (Å²) in [5.41, 5.74) is 1.65. The number of nitrogens with zero attached hydrogens (tertiary/aromatic N) is 1. The molecule has 0 aliphatic rings. The smallest absolute Gasteiger partial charge is 0.223 e. The fourth-order valence-electron chi connectivity index (χ4n) is 0.956. The Morgan fingerprint density at radius 2 is 1.85 bits per heavy atom. The van der Waals surface area contributed by atoms with Crippen molar-refractivity contribution in [3.05, 3.63) is 36.6 Å². The van der Waals surface area contributed by atoms with E-state index >= 15 is 0 Å². The molecule has 72 valence electrons. The molecule has 0 aliphatic carbocycles. The maximum Gasteiger partial charge on any atom is 0.223 e. The van der Waals surface area contributed by atoms with Gasteiger partial charge in [0.05, 0.1) is 0 Å². The van der Waals surface area contributed by atoms with Gasteiger partial charge in [0.15, 0.2) is 0 Å². The highest BCUT2D eigenvalue weighted by Crippen LogP contribution is 2.04. The van der Waals surface area contributed by atoms with Crippen LogP contribution in [-0.4, -0.2) is 17.4 Å². The molecule has 0 heterocycles. The molecule has 0 aromatic heterocycles. The number of likely N-dealkylation sites (N-methyl/N-ethyl adjacent to an activating group) is 1. The van der Waals surface area contributed by atoms with E-state index in [0.29, 0.717) is 12.2 Å². The van der Waals surface area contributed by atoms with E-state index in [4.69, 9.17) is 0 Å². The van der Waals surface area contributed by atoms with Gasteiger partial charge in [0.2, 0.25) is 5.91 Å². The first-order valence-electron chi connectivity index (χ1n) is 4.29. The third kappa shape index (κ3) is 4.31. The molecule has 0 saturated heterocycles. The quantitative estimate of drug-likeness (QED) is 0.607. The molecular weight excluding hydrogens is 162 g/mol. The zero-order valence-corrected chi connectivity index (χ0v) is 8.63. The molecule has 0 atom stereocenters. The minimum absolute atomic E-state index is 0.0128. The Morgan fingerprint density at radius 3 is 2.15 bits per heavy atom. The number of rotatable bonds is 4. The van der Waals surface area contributed by atoms with Crippen molar-refractivity contribution in [1.82, 2.24) is 4.90 Å². The Kier molecular flexibility index (Phi) is 4.82. The van der Waals surface area contributed by atoms with Crippen LogP contribution in [0.5, 0.6) is 0 Å². The molecule has 0 saturated carbocycles. The van der Waals surface area contributed by atoms with Crippen molar-refractivity contribution in [2.75, 3.05) is 6.54 Å². The Balaban J connectivity index is 4.39. The Morgan fingerprint density at radius 1 is 1.31 bits per heavy atom. The first-order valence-corrected chi connectivity index (χ1v) is 4.29. The van der Waals surface area contributed by atoms with Gasteiger partial charge in [-0.2, -0.15) is 0 Å². The maximum absolute atomic E-state index is 11.1. The maximum atomic E-state index is 11.1. The molecule has 0 unspecified atom stereocenters. The summed E-state index contributed by atoms with van der Waals surface area (Å²) in [7, 11) is 0. The Labute approximate surface area is 80.2 Å². The fraction of sp³-hybridized carbons (Fsp3) is 0.364. The van der Waals surface area contributed by atoms with E-state index in [0.717, 1.165) is 5.57 Å². The second-order valence-corrected chi connectivity index (χ2v) is 2.93. The van der Waals surface area contributed by atoms with E-state index in [-0.39, 0.29) is 5.91 Å². The van der Waals surface area contributed by atoms with Gasteiger partial charge in [0.25, 0.3) is 0 Å². The highest BCUT2D eigenvalue weighted by molar-refractivity contribution is 5.75. The Hall–Kier alpha value is -1.31. The van der Waals surface area contributed by atoms with Crippen LogP contribution < -0.4 is 0 Å². The van der Waals surface area contributed by atoms with Crippen LogP contribution >= 0.6 is 0 Å². The van der Waals surface area contributed by atoms with Crippen molar-refractivity contribution in [3.8, 4) is 0 Å². The van der Waals surface area contributed by atoms with Crippen LogP contribution in [-0.2, 0) is 4.79 Å². The highest BCUT2D eigenvalue weighted by Gasteiger charge is 2.06. The molecule has 0 spiro atoms. The van der Waals surface area contributed by atoms with Gasteiger partial charge in [0, 0.05) is 19.2 Å². The minimum atomic E-state index is 0.0128. The summed E-state index contributed by atoms with van der Waals surface area (Å²) in [6.07, 6.45) is 3.64. The van der Waals surface area contributed by atoms with Gasteiger partial charge in [0.1, 0.15) is 0 Å². The standard InChI is InChI=1S/C11H17NO/c1-6-12(11(5)13)10(4)8-7-9(2)3/h7-8H,2,4,6H2,1,3,5H3/b8-7-. The van der Waals surface area contributed by atoms with E-state index < -0.39 is 0 Å². The number of hydrogen-bond donors (Lipinski definition) is 0. The zero-order chi connectivity index (χ0) is 10.4. The van der Waals surface area contributed by atoms with E-state index in [9.17, 15) is 4.79 Å². The lowest BCUT2D eigenvalue weighted by Crippen LogP contribution is -2.26. The van der Waals surface area contributed by atoms with Gasteiger partial charge >= 0.3 is 0 Å². The summed E-state index contributed by atoms with van der Waals surface area (Å²) in [5.74, 6) is 0.0128. The van der Waals surface area contributed by atoms with Crippen LogP contribution in [0.15, 0.2) is 36.6 Å². The lowest BCUT2D eigenvalue weighted by Gasteiger charge is -2.18. The van der Waals surface area contributed by atoms with Crippen LogP contribution in [0, 0.1) is 0 Å². The van der Waals surface area contributed by atoms with Crippen LogP contribution in [0.25, 0.3) is 0 Å². The number of hydrogen-bond acceptors (Lipinski definition) is 1. The van der Waals surface area contributed by atoms with Gasteiger partial charge in [-0.1, -0.05) is 24.8 Å². The van der Waals surface area contributed by atoms with Crippen molar-refractivity contribution in [1.29, 1.82) is 0 Å². The van der Waals surface area contributed by atoms with Crippen LogP contribution in [0.1, 0.15) is 20.8 Å². The monoisotopic (exact) mass is 179 g/mol. The summed E-state index contributed by atoms with van der Waals surface area (Å²) in [4.78, 5) is 12.7. The fourth-order valence-corrected chi connectivity index (χ4v) is 0.956. The van der Waals surface area contributed by atoms with Crippen LogP contribution in [0.3, 0.4) is 0 Å². The predicted octanol–water partition coefficient (Wildman–Crippen LogP) is 2.50. The highest BCUT2D eigenvalue weighted by atomic mass is 16.2. The summed E-state index contributed by atoms with van der Waals surface area (Å²) in [5, 5.41) is 0. The van der Waals surface area contributed by atoms with E-state index in [1.54, 1.807) is 11.0 Å². The predicted molar refractivity (Wildman–Crippen MR) is 56.2 cm³/mol. The second-order valence-electron chi connectivity index (χ2n) is 2.93. The van der Waals surface area contributed by atoms with Gasteiger partial charge in [-0.15, -0.1) is 0 Å². The number of carbonyl (C=O) groups is 1. The number of carbonyl (C=O) groups excluding carboxylic acids is 1. The molecule has 0 radical (unpaired) electrons. The van der Waals surface area contributed by atoms with Gasteiger partial charge in [-0.25, -0.2) is 0 Å². The summed E-state index contributed by atoms with van der Waals surface area (Å²) < 4.78 is 0. The summed E-state index contributed by atoms with van der Waals surface area (Å²) >= 11 is 0. The molecule has 2 heteroatoms. The topological polar surface area (TPSA) is 20.3 Å². The molecule has 13 heavy (non-hydrogen) atoms. The summed E-state index contributed by atoms with van der Waals surface area (Å²) in [6.45, 7) is 13.5. The summed E-state index contributed by atoms with van der Waals surface area (Å²) in [6, 6.07) is 0. The van der Waals surface area contributed by atoms with Crippen molar-refractivity contribution in [3.63, 3.8) is 0 Å². The lowest BCUT2D eigenvalue weighted by atomic mass is 10.2. The molecule has 0 fully saturated rings. The SMILES string of the molecule is C=C(C)/C=C\C(=C)N(CC)C(C)=O. The van der Waals surface area contributed by atoms with Crippen LogP contribution in [0.2, 0.25) is 0 Å².